The summed E-state index contributed by atoms with van der Waals surface area (Å²) in [6.45, 7) is 7.09. The number of hydrogen-bond acceptors (Lipinski definition) is 5. The average Bonchev–Trinajstić information content (AvgIpc) is 3.32. The Morgan fingerprint density at radius 1 is 1.40 bits per heavy atom. The standard InChI is InChI=1S/C17H30N6O2/c1-2-21-13-19-20-16(21)5-7-18-17(25)23-9-8-22(11-14-3-4-14)15(12-23)6-10-24/h13-15,24H,2-12H2,1H3,(H,18,25)/t15-/m0/s1. The van der Waals surface area contributed by atoms with Crippen molar-refractivity contribution >= 4 is 6.03 Å². The van der Waals surface area contributed by atoms with Gasteiger partial charge in [-0.1, -0.05) is 0 Å². The number of piperazine rings is 1. The second-order valence-corrected chi connectivity index (χ2v) is 7.07. The van der Waals surface area contributed by atoms with E-state index < -0.39 is 0 Å². The molecule has 25 heavy (non-hydrogen) atoms. The maximum Gasteiger partial charge on any atom is 0.317 e. The van der Waals surface area contributed by atoms with Gasteiger partial charge in [0.1, 0.15) is 12.2 Å². The number of amides is 2. The van der Waals surface area contributed by atoms with Gasteiger partial charge in [0.05, 0.1) is 0 Å². The molecule has 1 aromatic heterocycles. The van der Waals surface area contributed by atoms with Gasteiger partial charge in [-0.15, -0.1) is 10.2 Å². The van der Waals surface area contributed by atoms with Gasteiger partial charge in [0, 0.05) is 58.3 Å². The molecule has 2 fully saturated rings. The van der Waals surface area contributed by atoms with Gasteiger partial charge in [-0.2, -0.15) is 0 Å². The van der Waals surface area contributed by atoms with E-state index in [4.69, 9.17) is 0 Å². The first-order chi connectivity index (χ1) is 12.2. The SMILES string of the molecule is CCn1cnnc1CCNC(=O)N1CCN(CC2CC2)[C@@H](CCO)C1. The summed E-state index contributed by atoms with van der Waals surface area (Å²) in [5, 5.41) is 20.3. The number of aliphatic hydroxyl groups excluding tert-OH is 1. The van der Waals surface area contributed by atoms with E-state index in [1.807, 2.05) is 16.4 Å². The fraction of sp³-hybridized carbons (Fsp3) is 0.824. The lowest BCUT2D eigenvalue weighted by atomic mass is 10.1. The molecule has 3 rings (SSSR count). The van der Waals surface area contributed by atoms with Crippen LogP contribution in [0.4, 0.5) is 4.79 Å². The first-order valence-corrected chi connectivity index (χ1v) is 9.45. The molecule has 1 aromatic rings. The van der Waals surface area contributed by atoms with Gasteiger partial charge in [-0.05, 0) is 32.1 Å². The molecule has 0 unspecified atom stereocenters. The molecular weight excluding hydrogens is 320 g/mol. The minimum Gasteiger partial charge on any atom is -0.396 e. The maximum atomic E-state index is 12.5. The molecule has 0 spiro atoms. The van der Waals surface area contributed by atoms with Gasteiger partial charge in [0.2, 0.25) is 0 Å². The van der Waals surface area contributed by atoms with Crippen LogP contribution < -0.4 is 5.32 Å². The van der Waals surface area contributed by atoms with Crippen LogP contribution in [0.25, 0.3) is 0 Å². The van der Waals surface area contributed by atoms with Crippen molar-refractivity contribution in [3.63, 3.8) is 0 Å². The molecule has 1 aliphatic heterocycles. The summed E-state index contributed by atoms with van der Waals surface area (Å²) in [4.78, 5) is 16.8. The average molecular weight is 350 g/mol. The highest BCUT2D eigenvalue weighted by molar-refractivity contribution is 5.74. The summed E-state index contributed by atoms with van der Waals surface area (Å²) >= 11 is 0. The molecule has 2 aliphatic rings. The van der Waals surface area contributed by atoms with Gasteiger partial charge in [-0.3, -0.25) is 4.90 Å². The van der Waals surface area contributed by atoms with Crippen LogP contribution in [0, 0.1) is 5.92 Å². The zero-order valence-corrected chi connectivity index (χ0v) is 15.1. The summed E-state index contributed by atoms with van der Waals surface area (Å²) in [6.07, 6.45) is 5.79. The van der Waals surface area contributed by atoms with E-state index in [1.165, 1.54) is 12.8 Å². The number of rotatable bonds is 8. The number of nitrogens with one attached hydrogen (secondary N) is 1. The summed E-state index contributed by atoms with van der Waals surface area (Å²) in [5.41, 5.74) is 0. The Morgan fingerprint density at radius 3 is 2.96 bits per heavy atom. The van der Waals surface area contributed by atoms with Crippen molar-refractivity contribution < 1.29 is 9.90 Å². The molecule has 1 aliphatic carbocycles. The van der Waals surface area contributed by atoms with E-state index in [-0.39, 0.29) is 18.7 Å². The van der Waals surface area contributed by atoms with Crippen LogP contribution >= 0.6 is 0 Å². The lowest BCUT2D eigenvalue weighted by Gasteiger charge is -2.41. The molecule has 2 N–H and O–H groups in total. The predicted molar refractivity (Wildman–Crippen MR) is 94.2 cm³/mol. The predicted octanol–water partition coefficient (Wildman–Crippen LogP) is 0.329. The summed E-state index contributed by atoms with van der Waals surface area (Å²) in [5.74, 6) is 1.73. The highest BCUT2D eigenvalue weighted by Gasteiger charge is 2.33. The second-order valence-electron chi connectivity index (χ2n) is 7.07. The van der Waals surface area contributed by atoms with E-state index in [9.17, 15) is 9.90 Å². The van der Waals surface area contributed by atoms with Crippen molar-refractivity contribution in [1.82, 2.24) is 29.9 Å². The number of carbonyl (C=O) groups excluding carboxylic acids is 1. The lowest BCUT2D eigenvalue weighted by Crippen LogP contribution is -2.57. The summed E-state index contributed by atoms with van der Waals surface area (Å²) < 4.78 is 1.99. The van der Waals surface area contributed by atoms with Crippen molar-refractivity contribution in [2.45, 2.75) is 45.2 Å². The Morgan fingerprint density at radius 2 is 2.24 bits per heavy atom. The van der Waals surface area contributed by atoms with Crippen LogP contribution in [0.1, 0.15) is 32.0 Å². The smallest absolute Gasteiger partial charge is 0.317 e. The highest BCUT2D eigenvalue weighted by atomic mass is 16.3. The molecule has 1 atom stereocenters. The zero-order valence-electron chi connectivity index (χ0n) is 15.1. The van der Waals surface area contributed by atoms with E-state index in [0.717, 1.165) is 44.3 Å². The van der Waals surface area contributed by atoms with Gasteiger partial charge in [0.25, 0.3) is 0 Å². The minimum atomic E-state index is -0.0171. The number of aliphatic hydroxyl groups is 1. The molecule has 0 aromatic carbocycles. The Kier molecular flexibility index (Phi) is 6.25. The first kappa shape index (κ1) is 18.1. The van der Waals surface area contributed by atoms with Gasteiger partial charge >= 0.3 is 6.03 Å². The van der Waals surface area contributed by atoms with E-state index in [0.29, 0.717) is 19.5 Å². The van der Waals surface area contributed by atoms with Crippen LogP contribution in [0.2, 0.25) is 0 Å². The van der Waals surface area contributed by atoms with E-state index in [2.05, 4.69) is 20.4 Å². The zero-order chi connectivity index (χ0) is 17.6. The number of carbonyl (C=O) groups is 1. The third-order valence-electron chi connectivity index (χ3n) is 5.21. The monoisotopic (exact) mass is 350 g/mol. The quantitative estimate of drug-likeness (QED) is 0.706. The third kappa shape index (κ3) is 4.92. The van der Waals surface area contributed by atoms with Crippen LogP contribution in [0.5, 0.6) is 0 Å². The molecule has 8 nitrogen and oxygen atoms in total. The Balaban J connectivity index is 1.45. The summed E-state index contributed by atoms with van der Waals surface area (Å²) in [6, 6.07) is 0.255. The number of aromatic nitrogens is 3. The van der Waals surface area contributed by atoms with Crippen LogP contribution in [0.3, 0.4) is 0 Å². The normalized spacial score (nSPS) is 21.5. The van der Waals surface area contributed by atoms with Gasteiger partial charge in [-0.25, -0.2) is 4.79 Å². The number of aryl methyl sites for hydroxylation is 1. The highest BCUT2D eigenvalue weighted by Crippen LogP contribution is 2.31. The molecule has 0 bridgehead atoms. The number of nitrogens with zero attached hydrogens (tertiary/aromatic N) is 5. The Bertz CT molecular complexity index is 559. The Hall–Kier alpha value is -1.67. The Labute approximate surface area is 149 Å². The van der Waals surface area contributed by atoms with Crippen LogP contribution in [0.15, 0.2) is 6.33 Å². The number of urea groups is 1. The largest absolute Gasteiger partial charge is 0.396 e. The van der Waals surface area contributed by atoms with E-state index in [1.54, 1.807) is 6.33 Å². The van der Waals surface area contributed by atoms with Crippen molar-refractivity contribution in [2.75, 3.05) is 39.3 Å². The molecule has 2 amide bonds. The first-order valence-electron chi connectivity index (χ1n) is 9.45. The van der Waals surface area contributed by atoms with Gasteiger partial charge < -0.3 is 19.9 Å². The van der Waals surface area contributed by atoms with Crippen molar-refractivity contribution in [1.29, 1.82) is 0 Å². The second kappa shape index (κ2) is 8.62. The lowest BCUT2D eigenvalue weighted by molar-refractivity contribution is 0.0704. The fourth-order valence-electron chi connectivity index (χ4n) is 3.50. The molecule has 8 heteroatoms. The van der Waals surface area contributed by atoms with Crippen LogP contribution in [-0.2, 0) is 13.0 Å². The number of hydrogen-bond donors (Lipinski definition) is 2. The van der Waals surface area contributed by atoms with Crippen molar-refractivity contribution in [2.24, 2.45) is 5.92 Å². The van der Waals surface area contributed by atoms with Crippen molar-refractivity contribution in [3.05, 3.63) is 12.2 Å². The topological polar surface area (TPSA) is 86.5 Å². The van der Waals surface area contributed by atoms with Gasteiger partial charge in [0.15, 0.2) is 0 Å². The molecule has 0 radical (unpaired) electrons. The van der Waals surface area contributed by atoms with Crippen molar-refractivity contribution in [3.8, 4) is 0 Å². The molecule has 1 saturated carbocycles. The summed E-state index contributed by atoms with van der Waals surface area (Å²) in [7, 11) is 0. The fourth-order valence-corrected chi connectivity index (χ4v) is 3.50. The molecule has 2 heterocycles. The third-order valence-corrected chi connectivity index (χ3v) is 5.21. The van der Waals surface area contributed by atoms with Crippen LogP contribution in [-0.4, -0.2) is 81.1 Å². The maximum absolute atomic E-state index is 12.5. The van der Waals surface area contributed by atoms with E-state index >= 15 is 0 Å². The molecule has 140 valence electrons. The molecular formula is C17H30N6O2. The minimum absolute atomic E-state index is 0.0171. The molecule has 1 saturated heterocycles.